The number of rotatable bonds is 1. The molecule has 1 rings (SSSR count). The summed E-state index contributed by atoms with van der Waals surface area (Å²) in [6.45, 7) is 5.14. The standard InChI is InChI=1S/C8H13F2NO/c1-5(2)11-6(3)4-8(9,10)7(11)12/h5-6H,4H2,1-3H3. The molecule has 0 radical (unpaired) electrons. The molecule has 4 heteroatoms. The van der Waals surface area contributed by atoms with Crippen LogP contribution in [0, 0.1) is 0 Å². The smallest absolute Gasteiger partial charge is 0.326 e. The van der Waals surface area contributed by atoms with Crippen LogP contribution in [0.15, 0.2) is 0 Å². The van der Waals surface area contributed by atoms with Gasteiger partial charge in [0.15, 0.2) is 0 Å². The van der Waals surface area contributed by atoms with Crippen molar-refractivity contribution >= 4 is 5.91 Å². The van der Waals surface area contributed by atoms with E-state index in [4.69, 9.17) is 0 Å². The van der Waals surface area contributed by atoms with Crippen molar-refractivity contribution in [3.8, 4) is 0 Å². The number of alkyl halides is 2. The molecule has 1 amide bonds. The van der Waals surface area contributed by atoms with E-state index in [2.05, 4.69) is 0 Å². The van der Waals surface area contributed by atoms with Gasteiger partial charge in [-0.1, -0.05) is 0 Å². The molecule has 1 heterocycles. The van der Waals surface area contributed by atoms with E-state index < -0.39 is 11.8 Å². The molecule has 0 aliphatic carbocycles. The number of amides is 1. The maximum absolute atomic E-state index is 12.8. The number of hydrogen-bond acceptors (Lipinski definition) is 1. The zero-order chi connectivity index (χ0) is 9.52. The Labute approximate surface area is 70.5 Å². The molecule has 1 fully saturated rings. The van der Waals surface area contributed by atoms with Crippen molar-refractivity contribution in [2.24, 2.45) is 0 Å². The van der Waals surface area contributed by atoms with Gasteiger partial charge in [0.2, 0.25) is 0 Å². The Balaban J connectivity index is 2.85. The Kier molecular flexibility index (Phi) is 2.10. The van der Waals surface area contributed by atoms with Crippen LogP contribution in [0.3, 0.4) is 0 Å². The summed E-state index contributed by atoms with van der Waals surface area (Å²) in [5, 5.41) is 0. The van der Waals surface area contributed by atoms with Gasteiger partial charge in [0.1, 0.15) is 0 Å². The number of hydrogen-bond donors (Lipinski definition) is 0. The molecule has 0 spiro atoms. The maximum Gasteiger partial charge on any atom is 0.326 e. The molecule has 0 bridgehead atoms. The first-order chi connectivity index (χ1) is 5.36. The molecule has 0 aromatic rings. The fourth-order valence-corrected chi connectivity index (χ4v) is 1.69. The highest BCUT2D eigenvalue weighted by Crippen LogP contribution is 2.34. The highest BCUT2D eigenvalue weighted by Gasteiger charge is 2.52. The number of nitrogens with zero attached hydrogens (tertiary/aromatic N) is 1. The van der Waals surface area contributed by atoms with Gasteiger partial charge in [0, 0.05) is 18.5 Å². The zero-order valence-corrected chi connectivity index (χ0v) is 7.47. The minimum absolute atomic E-state index is 0.138. The van der Waals surface area contributed by atoms with Crippen molar-refractivity contribution in [2.75, 3.05) is 0 Å². The fourth-order valence-electron chi connectivity index (χ4n) is 1.69. The minimum atomic E-state index is -3.14. The fraction of sp³-hybridized carbons (Fsp3) is 0.875. The summed E-state index contributed by atoms with van der Waals surface area (Å²) in [4.78, 5) is 12.3. The normalized spacial score (nSPS) is 28.7. The lowest BCUT2D eigenvalue weighted by atomic mass is 10.2. The van der Waals surface area contributed by atoms with E-state index in [0.717, 1.165) is 0 Å². The molecule has 12 heavy (non-hydrogen) atoms. The van der Waals surface area contributed by atoms with Crippen LogP contribution in [0.1, 0.15) is 27.2 Å². The first-order valence-corrected chi connectivity index (χ1v) is 4.07. The van der Waals surface area contributed by atoms with E-state index in [1.165, 1.54) is 4.90 Å². The predicted octanol–water partition coefficient (Wildman–Crippen LogP) is 1.65. The molecule has 1 atom stereocenters. The molecule has 0 saturated carbocycles. The molecule has 0 N–H and O–H groups in total. The summed E-state index contributed by atoms with van der Waals surface area (Å²) in [6, 6.07) is -0.478. The van der Waals surface area contributed by atoms with Crippen LogP contribution in [0.5, 0.6) is 0 Å². The number of carbonyl (C=O) groups excluding carboxylic acids is 1. The first-order valence-electron chi connectivity index (χ1n) is 4.07. The summed E-state index contributed by atoms with van der Waals surface area (Å²) < 4.78 is 25.6. The third-order valence-electron chi connectivity index (χ3n) is 2.13. The van der Waals surface area contributed by atoms with Gasteiger partial charge in [0.05, 0.1) is 0 Å². The quantitative estimate of drug-likeness (QED) is 0.596. The third-order valence-corrected chi connectivity index (χ3v) is 2.13. The van der Waals surface area contributed by atoms with Crippen molar-refractivity contribution < 1.29 is 13.6 Å². The number of likely N-dealkylation sites (tertiary alicyclic amines) is 1. The van der Waals surface area contributed by atoms with Gasteiger partial charge < -0.3 is 4.90 Å². The van der Waals surface area contributed by atoms with E-state index >= 15 is 0 Å². The molecule has 0 aromatic carbocycles. The summed E-state index contributed by atoms with van der Waals surface area (Å²) in [6.07, 6.45) is -0.343. The van der Waals surface area contributed by atoms with E-state index in [-0.39, 0.29) is 18.5 Å². The lowest BCUT2D eigenvalue weighted by Gasteiger charge is -2.25. The molecular weight excluding hydrogens is 164 g/mol. The number of halogens is 2. The van der Waals surface area contributed by atoms with Crippen molar-refractivity contribution in [2.45, 2.75) is 45.2 Å². The second-order valence-corrected chi connectivity index (χ2v) is 3.56. The average Bonchev–Trinajstić information content (AvgIpc) is 2.02. The van der Waals surface area contributed by atoms with Crippen LogP contribution in [-0.4, -0.2) is 28.8 Å². The lowest BCUT2D eigenvalue weighted by molar-refractivity contribution is -0.149. The summed E-state index contributed by atoms with van der Waals surface area (Å²) in [5.41, 5.74) is 0. The Bertz CT molecular complexity index is 203. The van der Waals surface area contributed by atoms with Crippen molar-refractivity contribution in [1.29, 1.82) is 0 Å². The SMILES string of the molecule is CC(C)N1C(=O)C(F)(F)CC1C. The van der Waals surface area contributed by atoms with Gasteiger partial charge in [-0.3, -0.25) is 4.79 Å². The van der Waals surface area contributed by atoms with Crippen LogP contribution in [0.25, 0.3) is 0 Å². The lowest BCUT2D eigenvalue weighted by Crippen LogP contribution is -2.40. The highest BCUT2D eigenvalue weighted by atomic mass is 19.3. The van der Waals surface area contributed by atoms with Crippen LogP contribution in [0.2, 0.25) is 0 Å². The molecule has 1 saturated heterocycles. The Morgan fingerprint density at radius 3 is 2.25 bits per heavy atom. The summed E-state index contributed by atoms with van der Waals surface area (Å²) in [7, 11) is 0. The molecule has 1 aliphatic heterocycles. The maximum atomic E-state index is 12.8. The Hall–Kier alpha value is -0.670. The Morgan fingerprint density at radius 1 is 1.58 bits per heavy atom. The van der Waals surface area contributed by atoms with E-state index in [1.54, 1.807) is 20.8 Å². The molecule has 70 valence electrons. The van der Waals surface area contributed by atoms with Gasteiger partial charge in [0.25, 0.3) is 5.91 Å². The molecule has 1 unspecified atom stereocenters. The molecule has 2 nitrogen and oxygen atoms in total. The van der Waals surface area contributed by atoms with E-state index in [9.17, 15) is 13.6 Å². The first kappa shape index (κ1) is 9.42. The van der Waals surface area contributed by atoms with Crippen LogP contribution >= 0.6 is 0 Å². The largest absolute Gasteiger partial charge is 0.332 e. The van der Waals surface area contributed by atoms with Crippen LogP contribution in [-0.2, 0) is 4.79 Å². The molecular formula is C8H13F2NO. The monoisotopic (exact) mass is 177 g/mol. The van der Waals surface area contributed by atoms with Crippen LogP contribution < -0.4 is 0 Å². The third kappa shape index (κ3) is 1.30. The van der Waals surface area contributed by atoms with Gasteiger partial charge in [-0.15, -0.1) is 0 Å². The molecule has 0 aromatic heterocycles. The Morgan fingerprint density at radius 2 is 2.08 bits per heavy atom. The minimum Gasteiger partial charge on any atom is -0.332 e. The van der Waals surface area contributed by atoms with Gasteiger partial charge in [-0.05, 0) is 20.8 Å². The van der Waals surface area contributed by atoms with Gasteiger partial charge in [-0.25, -0.2) is 0 Å². The predicted molar refractivity (Wildman–Crippen MR) is 41.0 cm³/mol. The summed E-state index contributed by atoms with van der Waals surface area (Å²) >= 11 is 0. The average molecular weight is 177 g/mol. The van der Waals surface area contributed by atoms with Gasteiger partial charge >= 0.3 is 5.92 Å². The molecule has 1 aliphatic rings. The second kappa shape index (κ2) is 2.68. The van der Waals surface area contributed by atoms with Gasteiger partial charge in [-0.2, -0.15) is 8.78 Å². The van der Waals surface area contributed by atoms with E-state index in [1.807, 2.05) is 0 Å². The summed E-state index contributed by atoms with van der Waals surface area (Å²) in [5.74, 6) is -4.16. The van der Waals surface area contributed by atoms with Crippen molar-refractivity contribution in [3.05, 3.63) is 0 Å². The zero-order valence-electron chi connectivity index (χ0n) is 7.47. The van der Waals surface area contributed by atoms with Crippen molar-refractivity contribution in [1.82, 2.24) is 4.90 Å². The van der Waals surface area contributed by atoms with Crippen molar-refractivity contribution in [3.63, 3.8) is 0 Å². The van der Waals surface area contributed by atoms with E-state index in [0.29, 0.717) is 0 Å². The second-order valence-electron chi connectivity index (χ2n) is 3.56. The highest BCUT2D eigenvalue weighted by molar-refractivity contribution is 5.86. The number of carbonyl (C=O) groups is 1. The van der Waals surface area contributed by atoms with Crippen LogP contribution in [0.4, 0.5) is 8.78 Å². The topological polar surface area (TPSA) is 20.3 Å².